The molecule has 1 aromatic carbocycles. The molecule has 0 spiro atoms. The first-order valence-corrected chi connectivity index (χ1v) is 7.20. The average Bonchev–Trinajstić information content (AvgIpc) is 2.77. The fraction of sp³-hybridized carbons (Fsp3) is 0.462. The van der Waals surface area contributed by atoms with E-state index in [1.807, 2.05) is 0 Å². The Labute approximate surface area is 120 Å². The van der Waals surface area contributed by atoms with E-state index in [9.17, 15) is 4.79 Å². The number of hydrogen-bond donors (Lipinski definition) is 2. The minimum absolute atomic E-state index is 0.106. The van der Waals surface area contributed by atoms with Gasteiger partial charge in [0.2, 0.25) is 0 Å². The van der Waals surface area contributed by atoms with Gasteiger partial charge in [-0.1, -0.05) is 40.4 Å². The first-order chi connectivity index (χ1) is 8.54. The summed E-state index contributed by atoms with van der Waals surface area (Å²) in [5.74, 6) is -0.106. The number of amides is 1. The predicted molar refractivity (Wildman–Crippen MR) is 76.9 cm³/mol. The van der Waals surface area contributed by atoms with Gasteiger partial charge in [-0.3, -0.25) is 4.79 Å². The van der Waals surface area contributed by atoms with E-state index >= 15 is 0 Å². The maximum Gasteiger partial charge on any atom is 0.251 e. The van der Waals surface area contributed by atoms with E-state index in [0.717, 1.165) is 30.2 Å². The molecule has 0 atom stereocenters. The summed E-state index contributed by atoms with van der Waals surface area (Å²) in [5, 5.41) is 3.61. The van der Waals surface area contributed by atoms with Gasteiger partial charge in [0, 0.05) is 21.6 Å². The Kier molecular flexibility index (Phi) is 4.30. The van der Waals surface area contributed by atoms with Gasteiger partial charge in [-0.2, -0.15) is 0 Å². The zero-order chi connectivity index (χ0) is 13.2. The summed E-state index contributed by atoms with van der Waals surface area (Å²) in [7, 11) is 0. The molecule has 3 N–H and O–H groups in total. The molecular formula is C13H16BrClN2O. The highest BCUT2D eigenvalue weighted by Gasteiger charge is 2.34. The molecular weight excluding hydrogens is 316 g/mol. The quantitative estimate of drug-likeness (QED) is 0.894. The third-order valence-corrected chi connectivity index (χ3v) is 4.13. The van der Waals surface area contributed by atoms with Crippen molar-refractivity contribution < 1.29 is 4.79 Å². The molecule has 3 nitrogen and oxygen atoms in total. The van der Waals surface area contributed by atoms with Crippen LogP contribution in [0, 0.1) is 0 Å². The number of rotatable bonds is 3. The third-order valence-electron chi connectivity index (χ3n) is 3.45. The number of nitrogens with two attached hydrogens (primary N) is 1. The minimum Gasteiger partial charge on any atom is -0.345 e. The maximum atomic E-state index is 12.2. The van der Waals surface area contributed by atoms with Crippen LogP contribution in [0.1, 0.15) is 36.0 Å². The van der Waals surface area contributed by atoms with Gasteiger partial charge in [0.15, 0.2) is 0 Å². The van der Waals surface area contributed by atoms with Crippen LogP contribution in [0.4, 0.5) is 0 Å². The van der Waals surface area contributed by atoms with E-state index in [1.165, 1.54) is 0 Å². The molecule has 1 saturated carbocycles. The Balaban J connectivity index is 2.16. The summed E-state index contributed by atoms with van der Waals surface area (Å²) in [4.78, 5) is 12.2. The summed E-state index contributed by atoms with van der Waals surface area (Å²) in [6.45, 7) is 0.487. The van der Waals surface area contributed by atoms with Crippen molar-refractivity contribution in [2.45, 2.75) is 31.2 Å². The molecule has 18 heavy (non-hydrogen) atoms. The molecule has 5 heteroatoms. The molecule has 1 fully saturated rings. The fourth-order valence-corrected chi connectivity index (χ4v) is 3.29. The zero-order valence-electron chi connectivity index (χ0n) is 10.0. The normalized spacial score (nSPS) is 17.7. The van der Waals surface area contributed by atoms with E-state index in [-0.39, 0.29) is 11.4 Å². The lowest BCUT2D eigenvalue weighted by Gasteiger charge is -2.28. The molecule has 1 aliphatic rings. The molecule has 0 radical (unpaired) electrons. The summed E-state index contributed by atoms with van der Waals surface area (Å²) in [5.41, 5.74) is 6.14. The molecule has 1 amide bonds. The molecule has 0 unspecified atom stereocenters. The third kappa shape index (κ3) is 3.05. The van der Waals surface area contributed by atoms with Crippen LogP contribution in [0.25, 0.3) is 0 Å². The Hall–Kier alpha value is -0.580. The van der Waals surface area contributed by atoms with Gasteiger partial charge in [-0.25, -0.2) is 0 Å². The van der Waals surface area contributed by atoms with E-state index < -0.39 is 0 Å². The zero-order valence-corrected chi connectivity index (χ0v) is 12.4. The lowest BCUT2D eigenvalue weighted by molar-refractivity contribution is 0.0903. The number of nitrogens with one attached hydrogen (secondary N) is 1. The second-order valence-electron chi connectivity index (χ2n) is 4.80. The largest absolute Gasteiger partial charge is 0.345 e. The van der Waals surface area contributed by atoms with Crippen molar-refractivity contribution >= 4 is 33.4 Å². The van der Waals surface area contributed by atoms with Crippen LogP contribution in [-0.2, 0) is 0 Å². The highest BCUT2D eigenvalue weighted by molar-refractivity contribution is 9.10. The molecule has 0 bridgehead atoms. The maximum absolute atomic E-state index is 12.2. The Morgan fingerprint density at radius 2 is 2.06 bits per heavy atom. The van der Waals surface area contributed by atoms with Crippen LogP contribution in [0.15, 0.2) is 22.7 Å². The predicted octanol–water partition coefficient (Wildman–Crippen LogP) is 3.10. The first-order valence-electron chi connectivity index (χ1n) is 6.03. The monoisotopic (exact) mass is 330 g/mol. The molecule has 0 heterocycles. The highest BCUT2D eigenvalue weighted by atomic mass is 79.9. The number of carbonyl (C=O) groups excluding carboxylic acids is 1. The minimum atomic E-state index is -0.230. The van der Waals surface area contributed by atoms with Crippen molar-refractivity contribution in [3.63, 3.8) is 0 Å². The Morgan fingerprint density at radius 1 is 1.39 bits per heavy atom. The van der Waals surface area contributed by atoms with E-state index in [0.29, 0.717) is 17.1 Å². The summed E-state index contributed by atoms with van der Waals surface area (Å²) in [6, 6.07) is 5.19. The van der Waals surface area contributed by atoms with Gasteiger partial charge in [0.1, 0.15) is 0 Å². The van der Waals surface area contributed by atoms with Gasteiger partial charge in [0.25, 0.3) is 5.91 Å². The summed E-state index contributed by atoms with van der Waals surface area (Å²) < 4.78 is 0.799. The van der Waals surface area contributed by atoms with Crippen LogP contribution < -0.4 is 11.1 Å². The van der Waals surface area contributed by atoms with Gasteiger partial charge in [-0.05, 0) is 31.0 Å². The van der Waals surface area contributed by atoms with Gasteiger partial charge >= 0.3 is 0 Å². The summed E-state index contributed by atoms with van der Waals surface area (Å²) >= 11 is 9.28. The number of hydrogen-bond acceptors (Lipinski definition) is 2. The highest BCUT2D eigenvalue weighted by Crippen LogP contribution is 2.29. The second-order valence-corrected chi connectivity index (χ2v) is 6.16. The number of halogens is 2. The van der Waals surface area contributed by atoms with Crippen molar-refractivity contribution in [2.75, 3.05) is 6.54 Å². The molecule has 1 aliphatic carbocycles. The van der Waals surface area contributed by atoms with E-state index in [1.54, 1.807) is 18.2 Å². The summed E-state index contributed by atoms with van der Waals surface area (Å²) in [6.07, 6.45) is 4.15. The number of carbonyl (C=O) groups is 1. The topological polar surface area (TPSA) is 55.1 Å². The fourth-order valence-electron chi connectivity index (χ4n) is 2.43. The van der Waals surface area contributed by atoms with Gasteiger partial charge < -0.3 is 11.1 Å². The second kappa shape index (κ2) is 5.59. The first kappa shape index (κ1) is 13.8. The van der Waals surface area contributed by atoms with Crippen LogP contribution >= 0.6 is 27.5 Å². The van der Waals surface area contributed by atoms with Crippen LogP contribution in [0.2, 0.25) is 5.02 Å². The smallest absolute Gasteiger partial charge is 0.251 e. The number of benzene rings is 1. The molecule has 2 rings (SSSR count). The molecule has 1 aromatic rings. The molecule has 98 valence electrons. The van der Waals surface area contributed by atoms with Crippen molar-refractivity contribution in [2.24, 2.45) is 5.73 Å². The SMILES string of the molecule is NCC1(NC(=O)c2cc(Cl)cc(Br)c2)CCCC1. The van der Waals surface area contributed by atoms with E-state index in [4.69, 9.17) is 17.3 Å². The molecule has 0 aromatic heterocycles. The van der Waals surface area contributed by atoms with Crippen LogP contribution in [0.5, 0.6) is 0 Å². The van der Waals surface area contributed by atoms with Crippen molar-refractivity contribution in [3.05, 3.63) is 33.3 Å². The molecule has 0 aliphatic heterocycles. The van der Waals surface area contributed by atoms with Gasteiger partial charge in [-0.15, -0.1) is 0 Å². The standard InChI is InChI=1S/C13H16BrClN2O/c14-10-5-9(6-11(15)7-10)12(18)17-13(8-16)3-1-2-4-13/h5-7H,1-4,8,16H2,(H,17,18). The van der Waals surface area contributed by atoms with E-state index in [2.05, 4.69) is 21.2 Å². The van der Waals surface area contributed by atoms with Gasteiger partial charge in [0.05, 0.1) is 5.54 Å². The lowest BCUT2D eigenvalue weighted by Crippen LogP contribution is -2.51. The van der Waals surface area contributed by atoms with Crippen LogP contribution in [0.3, 0.4) is 0 Å². The van der Waals surface area contributed by atoms with Crippen molar-refractivity contribution in [1.29, 1.82) is 0 Å². The van der Waals surface area contributed by atoms with Crippen molar-refractivity contribution in [1.82, 2.24) is 5.32 Å². The Bertz CT molecular complexity index is 438. The lowest BCUT2D eigenvalue weighted by atomic mass is 9.97. The molecule has 0 saturated heterocycles. The Morgan fingerprint density at radius 3 is 2.61 bits per heavy atom. The van der Waals surface area contributed by atoms with Crippen LogP contribution in [-0.4, -0.2) is 18.0 Å². The average molecular weight is 332 g/mol. The van der Waals surface area contributed by atoms with Crippen molar-refractivity contribution in [3.8, 4) is 0 Å².